The number of non-ortho nitro benzene ring substituents is 1. The van der Waals surface area contributed by atoms with Gasteiger partial charge in [-0.15, -0.1) is 0 Å². The van der Waals surface area contributed by atoms with Gasteiger partial charge in [-0.1, -0.05) is 12.1 Å². The van der Waals surface area contributed by atoms with Crippen molar-refractivity contribution in [3.63, 3.8) is 0 Å². The molecule has 0 spiro atoms. The number of sulfonamides is 1. The van der Waals surface area contributed by atoms with Crippen LogP contribution in [-0.2, 0) is 21.4 Å². The third-order valence-corrected chi connectivity index (χ3v) is 5.54. The predicted molar refractivity (Wildman–Crippen MR) is 95.2 cm³/mol. The first-order chi connectivity index (χ1) is 12.4. The number of nitro groups is 1. The molecule has 1 heterocycles. The van der Waals surface area contributed by atoms with E-state index in [2.05, 4.69) is 4.72 Å². The fourth-order valence-corrected chi connectivity index (χ4v) is 3.78. The summed E-state index contributed by atoms with van der Waals surface area (Å²) in [6.45, 7) is 0.714. The summed E-state index contributed by atoms with van der Waals surface area (Å²) in [5, 5.41) is 10.6. The first-order valence-corrected chi connectivity index (χ1v) is 9.48. The molecule has 0 atom stereocenters. The molecule has 2 aromatic carbocycles. The molecule has 1 aliphatic heterocycles. The number of amides is 1. The monoisotopic (exact) mass is 375 g/mol. The normalized spacial score (nSPS) is 14.6. The minimum Gasteiger partial charge on any atom is -0.312 e. The molecule has 0 unspecified atom stereocenters. The lowest BCUT2D eigenvalue weighted by atomic mass is 10.2. The van der Waals surface area contributed by atoms with Crippen LogP contribution in [0.1, 0.15) is 18.4 Å². The quantitative estimate of drug-likeness (QED) is 0.615. The van der Waals surface area contributed by atoms with E-state index >= 15 is 0 Å². The Balaban J connectivity index is 1.71. The average Bonchev–Trinajstić information content (AvgIpc) is 3.06. The van der Waals surface area contributed by atoms with Gasteiger partial charge in [0.25, 0.3) is 5.69 Å². The van der Waals surface area contributed by atoms with E-state index in [9.17, 15) is 23.3 Å². The molecule has 3 rings (SSSR count). The lowest BCUT2D eigenvalue weighted by Gasteiger charge is -2.16. The Kier molecular flexibility index (Phi) is 5.01. The number of benzene rings is 2. The van der Waals surface area contributed by atoms with Crippen LogP contribution in [0.15, 0.2) is 53.4 Å². The summed E-state index contributed by atoms with van der Waals surface area (Å²) in [5.41, 5.74) is 1.29. The van der Waals surface area contributed by atoms with Gasteiger partial charge in [0.15, 0.2) is 0 Å². The number of nitrogens with zero attached hydrogens (tertiary/aromatic N) is 2. The van der Waals surface area contributed by atoms with Gasteiger partial charge < -0.3 is 4.90 Å². The van der Waals surface area contributed by atoms with Crippen molar-refractivity contribution >= 4 is 27.3 Å². The Hall–Kier alpha value is -2.78. The highest BCUT2D eigenvalue weighted by Gasteiger charge is 2.22. The van der Waals surface area contributed by atoms with E-state index in [0.717, 1.165) is 24.2 Å². The summed E-state index contributed by atoms with van der Waals surface area (Å²) in [6.07, 6.45) is 1.34. The van der Waals surface area contributed by atoms with Gasteiger partial charge in [0.05, 0.1) is 9.82 Å². The molecule has 8 nitrogen and oxygen atoms in total. The second-order valence-corrected chi connectivity index (χ2v) is 7.66. The van der Waals surface area contributed by atoms with Crippen LogP contribution in [-0.4, -0.2) is 25.8 Å². The van der Waals surface area contributed by atoms with Crippen LogP contribution in [0.4, 0.5) is 11.4 Å². The summed E-state index contributed by atoms with van der Waals surface area (Å²) >= 11 is 0. The molecule has 0 saturated carbocycles. The van der Waals surface area contributed by atoms with Crippen molar-refractivity contribution in [1.29, 1.82) is 0 Å². The zero-order chi connectivity index (χ0) is 18.7. The highest BCUT2D eigenvalue weighted by atomic mass is 32.2. The van der Waals surface area contributed by atoms with Gasteiger partial charge >= 0.3 is 0 Å². The van der Waals surface area contributed by atoms with Crippen molar-refractivity contribution in [2.24, 2.45) is 0 Å². The van der Waals surface area contributed by atoms with Crippen molar-refractivity contribution < 1.29 is 18.1 Å². The van der Waals surface area contributed by atoms with Crippen LogP contribution in [0.2, 0.25) is 0 Å². The average molecular weight is 375 g/mol. The second-order valence-electron chi connectivity index (χ2n) is 5.89. The first kappa shape index (κ1) is 18.0. The Bertz CT molecular complexity index is 941. The predicted octanol–water partition coefficient (Wildman–Crippen LogP) is 2.20. The minimum atomic E-state index is -3.80. The number of rotatable bonds is 6. The SMILES string of the molecule is O=C1CCCN1c1cccc(CNS(=O)(=O)c2ccc([N+](=O)[O-])cc2)c1. The van der Waals surface area contributed by atoms with Gasteiger partial charge in [-0.05, 0) is 36.2 Å². The molecular weight excluding hydrogens is 358 g/mol. The van der Waals surface area contributed by atoms with Crippen LogP contribution in [0.3, 0.4) is 0 Å². The van der Waals surface area contributed by atoms with E-state index in [1.165, 1.54) is 12.1 Å². The van der Waals surface area contributed by atoms with E-state index in [4.69, 9.17) is 0 Å². The maximum atomic E-state index is 12.3. The maximum Gasteiger partial charge on any atom is 0.269 e. The van der Waals surface area contributed by atoms with Crippen molar-refractivity contribution in [3.8, 4) is 0 Å². The smallest absolute Gasteiger partial charge is 0.269 e. The number of nitrogens with one attached hydrogen (secondary N) is 1. The van der Waals surface area contributed by atoms with Gasteiger partial charge in [-0.25, -0.2) is 13.1 Å². The summed E-state index contributed by atoms with van der Waals surface area (Å²) < 4.78 is 27.1. The first-order valence-electron chi connectivity index (χ1n) is 8.00. The summed E-state index contributed by atoms with van der Waals surface area (Å²) in [7, 11) is -3.80. The zero-order valence-electron chi connectivity index (χ0n) is 13.8. The summed E-state index contributed by atoms with van der Waals surface area (Å²) in [5.74, 6) is 0.0635. The number of anilines is 1. The van der Waals surface area contributed by atoms with E-state index in [1.807, 2.05) is 6.07 Å². The van der Waals surface area contributed by atoms with Gasteiger partial charge in [0, 0.05) is 37.3 Å². The molecule has 0 radical (unpaired) electrons. The van der Waals surface area contributed by atoms with Gasteiger partial charge in [0.2, 0.25) is 15.9 Å². The van der Waals surface area contributed by atoms with E-state index in [-0.39, 0.29) is 23.0 Å². The van der Waals surface area contributed by atoms with Crippen LogP contribution < -0.4 is 9.62 Å². The Morgan fingerprint density at radius 1 is 1.15 bits per heavy atom. The van der Waals surface area contributed by atoms with Crippen LogP contribution >= 0.6 is 0 Å². The van der Waals surface area contributed by atoms with Gasteiger partial charge in [0.1, 0.15) is 0 Å². The lowest BCUT2D eigenvalue weighted by molar-refractivity contribution is -0.384. The molecule has 1 N–H and O–H groups in total. The molecule has 2 aromatic rings. The van der Waals surface area contributed by atoms with E-state index in [0.29, 0.717) is 18.5 Å². The molecule has 0 aliphatic carbocycles. The molecule has 1 amide bonds. The van der Waals surface area contributed by atoms with Gasteiger partial charge in [-0.3, -0.25) is 14.9 Å². The largest absolute Gasteiger partial charge is 0.312 e. The highest BCUT2D eigenvalue weighted by Crippen LogP contribution is 2.22. The van der Waals surface area contributed by atoms with Crippen molar-refractivity contribution in [1.82, 2.24) is 4.72 Å². The Morgan fingerprint density at radius 3 is 2.50 bits per heavy atom. The molecule has 26 heavy (non-hydrogen) atoms. The fourth-order valence-electron chi connectivity index (χ4n) is 2.76. The third-order valence-electron chi connectivity index (χ3n) is 4.12. The standard InChI is InChI=1S/C17H17N3O5S/c21-17-5-2-10-19(17)15-4-1-3-13(11-15)12-18-26(24,25)16-8-6-14(7-9-16)20(22)23/h1,3-4,6-9,11,18H,2,5,10,12H2. The minimum absolute atomic E-state index is 0.0472. The topological polar surface area (TPSA) is 110 Å². The molecule has 1 aliphatic rings. The zero-order valence-corrected chi connectivity index (χ0v) is 14.6. The molecule has 1 saturated heterocycles. The van der Waals surface area contributed by atoms with Crippen molar-refractivity contribution in [3.05, 3.63) is 64.2 Å². The van der Waals surface area contributed by atoms with Crippen LogP contribution in [0.25, 0.3) is 0 Å². The van der Waals surface area contributed by atoms with Gasteiger partial charge in [-0.2, -0.15) is 0 Å². The summed E-state index contributed by atoms with van der Waals surface area (Å²) in [4.78, 5) is 23.5. The number of hydrogen-bond acceptors (Lipinski definition) is 5. The van der Waals surface area contributed by atoms with E-state index < -0.39 is 14.9 Å². The van der Waals surface area contributed by atoms with E-state index in [1.54, 1.807) is 23.1 Å². The van der Waals surface area contributed by atoms with Crippen LogP contribution in [0, 0.1) is 10.1 Å². The molecule has 9 heteroatoms. The second kappa shape index (κ2) is 7.22. The summed E-state index contributed by atoms with van der Waals surface area (Å²) in [6, 6.07) is 11.8. The Labute approximate surface area is 150 Å². The Morgan fingerprint density at radius 2 is 1.88 bits per heavy atom. The lowest BCUT2D eigenvalue weighted by Crippen LogP contribution is -2.25. The maximum absolute atomic E-state index is 12.3. The number of carbonyl (C=O) groups is 1. The van der Waals surface area contributed by atoms with Crippen molar-refractivity contribution in [2.45, 2.75) is 24.3 Å². The van der Waals surface area contributed by atoms with Crippen LogP contribution in [0.5, 0.6) is 0 Å². The fraction of sp³-hybridized carbons (Fsp3) is 0.235. The molecule has 1 fully saturated rings. The molecular formula is C17H17N3O5S. The molecule has 0 aromatic heterocycles. The number of hydrogen-bond donors (Lipinski definition) is 1. The highest BCUT2D eigenvalue weighted by molar-refractivity contribution is 7.89. The number of carbonyl (C=O) groups excluding carboxylic acids is 1. The third kappa shape index (κ3) is 3.89. The van der Waals surface area contributed by atoms with Crippen molar-refractivity contribution in [2.75, 3.05) is 11.4 Å². The number of nitro benzene ring substituents is 1. The molecule has 136 valence electrons. The molecule has 0 bridgehead atoms.